The maximum absolute atomic E-state index is 12.3. The first-order chi connectivity index (χ1) is 9.33. The Morgan fingerprint density at radius 3 is 2.65 bits per heavy atom. The van der Waals surface area contributed by atoms with Crippen LogP contribution in [0.3, 0.4) is 0 Å². The van der Waals surface area contributed by atoms with E-state index >= 15 is 0 Å². The van der Waals surface area contributed by atoms with Crippen LogP contribution in [-0.2, 0) is 16.4 Å². The smallest absolute Gasteiger partial charge is 0.248 e. The second-order valence-corrected chi connectivity index (χ2v) is 9.84. The predicted octanol–water partition coefficient (Wildman–Crippen LogP) is 3.88. The molecule has 110 valence electrons. The van der Waals surface area contributed by atoms with Crippen LogP contribution < -0.4 is 4.72 Å². The first-order valence-corrected chi connectivity index (χ1v) is 9.97. The molecular formula is C12H15BrN2O2S3. The summed E-state index contributed by atoms with van der Waals surface area (Å²) >= 11 is 6.11. The number of aromatic nitrogens is 1. The summed E-state index contributed by atoms with van der Waals surface area (Å²) in [6, 6.07) is 1.34. The number of halogens is 1. The Morgan fingerprint density at radius 1 is 1.45 bits per heavy atom. The maximum atomic E-state index is 12.3. The highest BCUT2D eigenvalue weighted by Crippen LogP contribution is 2.31. The first kappa shape index (κ1) is 16.1. The molecule has 1 atom stereocenters. The van der Waals surface area contributed by atoms with Gasteiger partial charge in [0.15, 0.2) is 0 Å². The highest BCUT2D eigenvalue weighted by molar-refractivity contribution is 9.11. The van der Waals surface area contributed by atoms with Crippen molar-refractivity contribution in [1.82, 2.24) is 9.71 Å². The summed E-state index contributed by atoms with van der Waals surface area (Å²) in [6.07, 6.45) is 2.71. The zero-order valence-corrected chi connectivity index (χ0v) is 15.3. The van der Waals surface area contributed by atoms with E-state index in [2.05, 4.69) is 32.6 Å². The van der Waals surface area contributed by atoms with Gasteiger partial charge in [0.25, 0.3) is 10.0 Å². The van der Waals surface area contributed by atoms with E-state index in [0.29, 0.717) is 4.21 Å². The van der Waals surface area contributed by atoms with Crippen LogP contribution in [0.5, 0.6) is 0 Å². The molecule has 0 aromatic carbocycles. The van der Waals surface area contributed by atoms with Gasteiger partial charge in [-0.1, -0.05) is 6.92 Å². The molecule has 0 radical (unpaired) electrons. The molecule has 0 fully saturated rings. The van der Waals surface area contributed by atoms with Gasteiger partial charge < -0.3 is 0 Å². The molecule has 1 N–H and O–H groups in total. The van der Waals surface area contributed by atoms with E-state index in [1.54, 1.807) is 23.6 Å². The standard InChI is InChI=1S/C12H15BrN2O2S3/c1-4-9-6-14-12(18-9)8(3)15-20(16,17)10-5-7(2)11(13)19-10/h5-6,8,15H,4H2,1-3H3. The van der Waals surface area contributed by atoms with E-state index in [1.807, 2.05) is 13.8 Å². The van der Waals surface area contributed by atoms with Gasteiger partial charge in [0.1, 0.15) is 9.22 Å². The third kappa shape index (κ3) is 3.48. The lowest BCUT2D eigenvalue weighted by Crippen LogP contribution is -2.26. The summed E-state index contributed by atoms with van der Waals surface area (Å²) in [6.45, 7) is 5.74. The van der Waals surface area contributed by atoms with Crippen molar-refractivity contribution < 1.29 is 8.42 Å². The molecule has 0 saturated heterocycles. The number of sulfonamides is 1. The Hall–Kier alpha value is -0.280. The van der Waals surface area contributed by atoms with Crippen molar-refractivity contribution in [2.75, 3.05) is 0 Å². The lowest BCUT2D eigenvalue weighted by molar-refractivity contribution is 0.568. The number of thiophene rings is 1. The Labute approximate surface area is 135 Å². The molecule has 0 spiro atoms. The van der Waals surface area contributed by atoms with Crippen molar-refractivity contribution in [3.8, 4) is 0 Å². The van der Waals surface area contributed by atoms with Crippen LogP contribution in [0.25, 0.3) is 0 Å². The molecular weight excluding hydrogens is 380 g/mol. The van der Waals surface area contributed by atoms with Crippen molar-refractivity contribution in [3.63, 3.8) is 0 Å². The van der Waals surface area contributed by atoms with Gasteiger partial charge in [-0.05, 0) is 47.8 Å². The Balaban J connectivity index is 2.19. The summed E-state index contributed by atoms with van der Waals surface area (Å²) in [7, 11) is -3.50. The highest BCUT2D eigenvalue weighted by atomic mass is 79.9. The fourth-order valence-corrected chi connectivity index (χ4v) is 5.98. The lowest BCUT2D eigenvalue weighted by Gasteiger charge is -2.10. The largest absolute Gasteiger partial charge is 0.250 e. The van der Waals surface area contributed by atoms with Gasteiger partial charge in [-0.3, -0.25) is 0 Å². The topological polar surface area (TPSA) is 59.1 Å². The summed E-state index contributed by atoms with van der Waals surface area (Å²) in [4.78, 5) is 5.43. The van der Waals surface area contributed by atoms with Crippen LogP contribution in [0, 0.1) is 6.92 Å². The first-order valence-electron chi connectivity index (χ1n) is 6.06. The zero-order valence-electron chi connectivity index (χ0n) is 11.3. The normalized spacial score (nSPS) is 13.6. The van der Waals surface area contributed by atoms with Crippen LogP contribution in [-0.4, -0.2) is 13.4 Å². The molecule has 4 nitrogen and oxygen atoms in total. The Kier molecular flexibility index (Phi) is 5.01. The van der Waals surface area contributed by atoms with E-state index in [4.69, 9.17) is 0 Å². The fraction of sp³-hybridized carbons (Fsp3) is 0.417. The van der Waals surface area contributed by atoms with E-state index in [0.717, 1.165) is 25.7 Å². The van der Waals surface area contributed by atoms with Gasteiger partial charge in [0.05, 0.1) is 9.83 Å². The van der Waals surface area contributed by atoms with Crippen LogP contribution in [0.4, 0.5) is 0 Å². The molecule has 0 saturated carbocycles. The van der Waals surface area contributed by atoms with Crippen LogP contribution in [0.1, 0.15) is 35.3 Å². The summed E-state index contributed by atoms with van der Waals surface area (Å²) in [5.74, 6) is 0. The molecule has 0 aliphatic rings. The van der Waals surface area contributed by atoms with Gasteiger partial charge in [-0.25, -0.2) is 18.1 Å². The number of nitrogens with zero attached hydrogens (tertiary/aromatic N) is 1. The SMILES string of the molecule is CCc1cnc(C(C)NS(=O)(=O)c2cc(C)c(Br)s2)s1. The number of hydrogen-bond acceptors (Lipinski definition) is 5. The number of thiazole rings is 1. The summed E-state index contributed by atoms with van der Waals surface area (Å²) < 4.78 is 28.5. The van der Waals surface area contributed by atoms with Crippen molar-refractivity contribution in [3.05, 3.63) is 31.5 Å². The van der Waals surface area contributed by atoms with Gasteiger partial charge in [0.2, 0.25) is 0 Å². The molecule has 0 bridgehead atoms. The van der Waals surface area contributed by atoms with Gasteiger partial charge in [0, 0.05) is 11.1 Å². The number of aryl methyl sites for hydroxylation is 2. The fourth-order valence-electron chi connectivity index (χ4n) is 1.59. The molecule has 8 heteroatoms. The van der Waals surface area contributed by atoms with E-state index in [9.17, 15) is 8.42 Å². The average Bonchev–Trinajstić information content (AvgIpc) is 2.97. The third-order valence-corrected chi connectivity index (χ3v) is 8.20. The Morgan fingerprint density at radius 2 is 2.15 bits per heavy atom. The maximum Gasteiger partial charge on any atom is 0.250 e. The molecule has 0 aliphatic heterocycles. The zero-order chi connectivity index (χ0) is 14.9. The van der Waals surface area contributed by atoms with Gasteiger partial charge in [-0.15, -0.1) is 22.7 Å². The predicted molar refractivity (Wildman–Crippen MR) is 87.0 cm³/mol. The number of rotatable bonds is 5. The minimum atomic E-state index is -3.50. The van der Waals surface area contributed by atoms with E-state index in [-0.39, 0.29) is 6.04 Å². The summed E-state index contributed by atoms with van der Waals surface area (Å²) in [5, 5.41) is 0.790. The van der Waals surface area contributed by atoms with Crippen LogP contribution in [0.15, 0.2) is 20.3 Å². The highest BCUT2D eigenvalue weighted by Gasteiger charge is 2.22. The molecule has 1 unspecified atom stereocenters. The number of hydrogen-bond donors (Lipinski definition) is 1. The van der Waals surface area contributed by atoms with Crippen molar-refractivity contribution in [2.45, 2.75) is 37.4 Å². The second-order valence-electron chi connectivity index (χ2n) is 4.38. The van der Waals surface area contributed by atoms with E-state index in [1.165, 1.54) is 11.3 Å². The molecule has 20 heavy (non-hydrogen) atoms. The Bertz CT molecular complexity index is 687. The van der Waals surface area contributed by atoms with Gasteiger partial charge >= 0.3 is 0 Å². The van der Waals surface area contributed by atoms with Crippen molar-refractivity contribution in [2.24, 2.45) is 0 Å². The van der Waals surface area contributed by atoms with Gasteiger partial charge in [-0.2, -0.15) is 0 Å². The van der Waals surface area contributed by atoms with Crippen LogP contribution in [0.2, 0.25) is 0 Å². The molecule has 2 heterocycles. The average molecular weight is 395 g/mol. The quantitative estimate of drug-likeness (QED) is 0.836. The molecule has 2 aromatic heterocycles. The lowest BCUT2D eigenvalue weighted by atomic mass is 10.4. The van der Waals surface area contributed by atoms with E-state index < -0.39 is 10.0 Å². The minimum absolute atomic E-state index is 0.320. The monoisotopic (exact) mass is 394 g/mol. The van der Waals surface area contributed by atoms with Crippen molar-refractivity contribution >= 4 is 48.6 Å². The third-order valence-electron chi connectivity index (χ3n) is 2.72. The molecule has 0 amide bonds. The minimum Gasteiger partial charge on any atom is -0.248 e. The van der Waals surface area contributed by atoms with Crippen LogP contribution >= 0.6 is 38.6 Å². The molecule has 0 aliphatic carbocycles. The summed E-state index contributed by atoms with van der Waals surface area (Å²) in [5.41, 5.74) is 0.922. The molecule has 2 rings (SSSR count). The number of nitrogens with one attached hydrogen (secondary N) is 1. The molecule has 2 aromatic rings. The second kappa shape index (κ2) is 6.23. The van der Waals surface area contributed by atoms with Crippen molar-refractivity contribution in [1.29, 1.82) is 0 Å².